The Labute approximate surface area is 237 Å². The molecule has 1 saturated heterocycles. The van der Waals surface area contributed by atoms with Crippen LogP contribution in [-0.4, -0.2) is 116 Å². The molecule has 2 fully saturated rings. The first-order valence-electron chi connectivity index (χ1n) is 15.1. The SMILES string of the molecule is CCCCCCCCCCCCCCCC(=O)OC1C(O[C@@H]2OC(CO)[C@H](O)[C@H](O)C2N)[C@H](O)[C@H](O)C(O)[C@@H]1O. The predicted octanol–water partition coefficient (Wildman–Crippen LogP) is -0.0118. The zero-order chi connectivity index (χ0) is 29.7. The Bertz CT molecular complexity index is 699. The number of aliphatic hydroxyl groups is 7. The molecule has 5 unspecified atom stereocenters. The molecule has 236 valence electrons. The van der Waals surface area contributed by atoms with Gasteiger partial charge in [-0.2, -0.15) is 0 Å². The van der Waals surface area contributed by atoms with Gasteiger partial charge in [0, 0.05) is 6.42 Å². The molecule has 2 rings (SSSR count). The van der Waals surface area contributed by atoms with E-state index in [9.17, 15) is 40.5 Å². The van der Waals surface area contributed by atoms with Crippen molar-refractivity contribution in [3.8, 4) is 0 Å². The smallest absolute Gasteiger partial charge is 0.306 e. The first-order chi connectivity index (χ1) is 19.1. The molecule has 0 aromatic heterocycles. The lowest BCUT2D eigenvalue weighted by Crippen LogP contribution is -2.68. The Morgan fingerprint density at radius 2 is 1.15 bits per heavy atom. The van der Waals surface area contributed by atoms with E-state index >= 15 is 0 Å². The summed E-state index contributed by atoms with van der Waals surface area (Å²) in [7, 11) is 0. The van der Waals surface area contributed by atoms with Gasteiger partial charge < -0.3 is 55.7 Å². The highest BCUT2D eigenvalue weighted by Crippen LogP contribution is 2.30. The minimum absolute atomic E-state index is 0.0549. The molecule has 12 nitrogen and oxygen atoms in total. The molecular formula is C28H53NO11. The summed E-state index contributed by atoms with van der Waals surface area (Å²) in [6.07, 6.45) is -1.17. The Morgan fingerprint density at radius 1 is 0.675 bits per heavy atom. The molecular weight excluding hydrogens is 526 g/mol. The van der Waals surface area contributed by atoms with Crippen molar-refractivity contribution in [3.63, 3.8) is 0 Å². The quantitative estimate of drug-likeness (QED) is 0.0795. The summed E-state index contributed by atoms with van der Waals surface area (Å²) in [5.74, 6) is -0.672. The van der Waals surface area contributed by atoms with Gasteiger partial charge >= 0.3 is 5.97 Å². The van der Waals surface area contributed by atoms with E-state index < -0.39 is 79.8 Å². The minimum atomic E-state index is -1.83. The number of carbonyl (C=O) groups excluding carboxylic acids is 1. The van der Waals surface area contributed by atoms with Crippen molar-refractivity contribution in [1.29, 1.82) is 0 Å². The van der Waals surface area contributed by atoms with E-state index in [0.29, 0.717) is 6.42 Å². The second-order valence-corrected chi connectivity index (χ2v) is 11.3. The van der Waals surface area contributed by atoms with E-state index in [1.807, 2.05) is 0 Å². The molecule has 2 aliphatic rings. The van der Waals surface area contributed by atoms with Crippen LogP contribution in [0.4, 0.5) is 0 Å². The second-order valence-electron chi connectivity index (χ2n) is 11.3. The molecule has 0 radical (unpaired) electrons. The number of ether oxygens (including phenoxy) is 3. The van der Waals surface area contributed by atoms with E-state index in [-0.39, 0.29) is 6.42 Å². The van der Waals surface area contributed by atoms with Gasteiger partial charge in [-0.25, -0.2) is 0 Å². The van der Waals surface area contributed by atoms with Crippen molar-refractivity contribution in [2.24, 2.45) is 5.73 Å². The molecule has 11 atom stereocenters. The molecule has 0 aromatic rings. The first-order valence-corrected chi connectivity index (χ1v) is 15.1. The predicted molar refractivity (Wildman–Crippen MR) is 145 cm³/mol. The number of aliphatic hydroxyl groups excluding tert-OH is 7. The van der Waals surface area contributed by atoms with Gasteiger partial charge in [-0.15, -0.1) is 0 Å². The van der Waals surface area contributed by atoms with Crippen molar-refractivity contribution in [1.82, 2.24) is 0 Å². The molecule has 40 heavy (non-hydrogen) atoms. The maximum Gasteiger partial charge on any atom is 0.306 e. The van der Waals surface area contributed by atoms with Crippen molar-refractivity contribution in [2.45, 2.75) is 164 Å². The number of hydrogen-bond donors (Lipinski definition) is 8. The molecule has 1 saturated carbocycles. The monoisotopic (exact) mass is 579 g/mol. The van der Waals surface area contributed by atoms with Crippen LogP contribution in [0.3, 0.4) is 0 Å². The fourth-order valence-electron chi connectivity index (χ4n) is 5.35. The van der Waals surface area contributed by atoms with Crippen molar-refractivity contribution >= 4 is 5.97 Å². The Morgan fingerprint density at radius 3 is 1.65 bits per heavy atom. The highest BCUT2D eigenvalue weighted by Gasteiger charge is 2.54. The summed E-state index contributed by atoms with van der Waals surface area (Å²) in [5, 5.41) is 71.1. The maximum absolute atomic E-state index is 12.6. The third-order valence-corrected chi connectivity index (χ3v) is 8.02. The van der Waals surface area contributed by atoms with Gasteiger partial charge in [0.05, 0.1) is 12.6 Å². The zero-order valence-corrected chi connectivity index (χ0v) is 23.8. The van der Waals surface area contributed by atoms with E-state index in [2.05, 4.69) is 6.92 Å². The van der Waals surface area contributed by atoms with Crippen LogP contribution in [0, 0.1) is 0 Å². The van der Waals surface area contributed by atoms with Gasteiger partial charge in [-0.05, 0) is 6.42 Å². The van der Waals surface area contributed by atoms with Crippen molar-refractivity contribution < 1.29 is 54.8 Å². The highest BCUT2D eigenvalue weighted by molar-refractivity contribution is 5.69. The lowest BCUT2D eigenvalue weighted by molar-refractivity contribution is -0.318. The van der Waals surface area contributed by atoms with Crippen LogP contribution in [0.5, 0.6) is 0 Å². The molecule has 12 heteroatoms. The van der Waals surface area contributed by atoms with Gasteiger partial charge in [0.25, 0.3) is 0 Å². The van der Waals surface area contributed by atoms with Gasteiger partial charge in [-0.3, -0.25) is 4.79 Å². The number of unbranched alkanes of at least 4 members (excludes halogenated alkanes) is 12. The Kier molecular flexibility index (Phi) is 16.4. The Hall–Kier alpha value is -0.930. The lowest BCUT2D eigenvalue weighted by atomic mass is 9.84. The average molecular weight is 580 g/mol. The van der Waals surface area contributed by atoms with Crippen LogP contribution >= 0.6 is 0 Å². The van der Waals surface area contributed by atoms with E-state index in [1.165, 1.54) is 57.8 Å². The summed E-state index contributed by atoms with van der Waals surface area (Å²) >= 11 is 0. The molecule has 0 amide bonds. The van der Waals surface area contributed by atoms with Crippen LogP contribution in [0.15, 0.2) is 0 Å². The molecule has 9 N–H and O–H groups in total. The third-order valence-electron chi connectivity index (χ3n) is 8.02. The van der Waals surface area contributed by atoms with Crippen LogP contribution in [0.25, 0.3) is 0 Å². The highest BCUT2D eigenvalue weighted by atomic mass is 16.7. The third kappa shape index (κ3) is 10.4. The van der Waals surface area contributed by atoms with Gasteiger partial charge in [0.1, 0.15) is 48.8 Å². The van der Waals surface area contributed by atoms with Crippen LogP contribution in [-0.2, 0) is 19.0 Å². The van der Waals surface area contributed by atoms with Crippen molar-refractivity contribution in [2.75, 3.05) is 6.61 Å². The largest absolute Gasteiger partial charge is 0.457 e. The summed E-state index contributed by atoms with van der Waals surface area (Å²) in [6.45, 7) is 1.55. The summed E-state index contributed by atoms with van der Waals surface area (Å²) in [4.78, 5) is 12.6. The molecule has 0 bridgehead atoms. The summed E-state index contributed by atoms with van der Waals surface area (Å²) in [5.41, 5.74) is 5.89. The number of esters is 1. The summed E-state index contributed by atoms with van der Waals surface area (Å²) < 4.78 is 16.4. The normalized spacial score (nSPS) is 36.5. The fraction of sp³-hybridized carbons (Fsp3) is 0.964. The average Bonchev–Trinajstić information content (AvgIpc) is 2.94. The number of rotatable bonds is 18. The van der Waals surface area contributed by atoms with E-state index in [4.69, 9.17) is 19.9 Å². The molecule has 0 aromatic carbocycles. The van der Waals surface area contributed by atoms with Gasteiger partial charge in [0.15, 0.2) is 12.4 Å². The fourth-order valence-corrected chi connectivity index (χ4v) is 5.35. The maximum atomic E-state index is 12.6. The standard InChI is InChI=1S/C28H53NO11/c1-2-3-4-5-6-7-8-9-10-11-12-13-14-15-18(31)39-26-24(36)22(34)23(35)25(37)27(26)40-28-19(29)21(33)20(32)17(16-30)38-28/h17,19-28,30,32-37H,2-16,29H2,1H3/t17?,19?,20-,21+,22?,23+,24-,25+,26?,27?,28-/m0/s1. The molecule has 1 aliphatic carbocycles. The topological polar surface area (TPSA) is 212 Å². The van der Waals surface area contributed by atoms with E-state index in [1.54, 1.807) is 0 Å². The Balaban J connectivity index is 1.78. The van der Waals surface area contributed by atoms with Crippen molar-refractivity contribution in [3.05, 3.63) is 0 Å². The van der Waals surface area contributed by atoms with Gasteiger partial charge in [-0.1, -0.05) is 84.0 Å². The number of hydrogen-bond acceptors (Lipinski definition) is 12. The van der Waals surface area contributed by atoms with Gasteiger partial charge in [0.2, 0.25) is 0 Å². The first kappa shape index (κ1) is 35.3. The number of nitrogens with two attached hydrogens (primary N) is 1. The second kappa shape index (κ2) is 18.6. The minimum Gasteiger partial charge on any atom is -0.457 e. The molecule has 0 spiro atoms. The summed E-state index contributed by atoms with van der Waals surface area (Å²) in [6, 6.07) is -1.33. The number of carbonyl (C=O) groups is 1. The van der Waals surface area contributed by atoms with Crippen LogP contribution in [0.1, 0.15) is 96.8 Å². The lowest BCUT2D eigenvalue weighted by Gasteiger charge is -2.47. The molecule has 1 heterocycles. The van der Waals surface area contributed by atoms with Crippen LogP contribution in [0.2, 0.25) is 0 Å². The van der Waals surface area contributed by atoms with Crippen LogP contribution < -0.4 is 5.73 Å². The zero-order valence-electron chi connectivity index (χ0n) is 23.8. The van der Waals surface area contributed by atoms with E-state index in [0.717, 1.165) is 19.3 Å². The molecule has 1 aliphatic heterocycles.